The maximum absolute atomic E-state index is 12.2. The summed E-state index contributed by atoms with van der Waals surface area (Å²) in [5.41, 5.74) is 0.753. The number of hydrogen-bond acceptors (Lipinski definition) is 5. The van der Waals surface area contributed by atoms with Crippen LogP contribution in [0.1, 0.15) is 6.42 Å². The van der Waals surface area contributed by atoms with Crippen molar-refractivity contribution in [2.24, 2.45) is 0 Å². The summed E-state index contributed by atoms with van der Waals surface area (Å²) in [5, 5.41) is 5.44. The van der Waals surface area contributed by atoms with Gasteiger partial charge in [-0.2, -0.15) is 0 Å². The zero-order valence-electron chi connectivity index (χ0n) is 14.1. The molecule has 0 unspecified atom stereocenters. The molecule has 2 N–H and O–H groups in total. The van der Waals surface area contributed by atoms with Gasteiger partial charge in [0.2, 0.25) is 5.91 Å². The Hall–Kier alpha value is -2.32. The minimum absolute atomic E-state index is 0.0415. The number of carbonyl (C=O) groups is 2. The molecule has 0 spiro atoms. The molecule has 0 saturated carbocycles. The predicted molar refractivity (Wildman–Crippen MR) is 88.1 cm³/mol. The third-order valence-electron chi connectivity index (χ3n) is 3.78. The van der Waals surface area contributed by atoms with Crippen molar-refractivity contribution in [1.29, 1.82) is 0 Å². The first-order chi connectivity index (χ1) is 11.6. The molecular formula is C16H23N3O5. The lowest BCUT2D eigenvalue weighted by Gasteiger charge is -2.19. The Morgan fingerprint density at radius 1 is 1.33 bits per heavy atom. The second-order valence-corrected chi connectivity index (χ2v) is 5.36. The maximum atomic E-state index is 12.2. The number of hydrogen-bond donors (Lipinski definition) is 2. The summed E-state index contributed by atoms with van der Waals surface area (Å²) in [6.07, 6.45) is -0.253. The lowest BCUT2D eigenvalue weighted by molar-refractivity contribution is -0.117. The molecule has 1 aliphatic rings. The molecule has 0 bridgehead atoms. The summed E-state index contributed by atoms with van der Waals surface area (Å²) >= 11 is 0. The van der Waals surface area contributed by atoms with Gasteiger partial charge in [0.1, 0.15) is 5.75 Å². The number of amides is 3. The molecule has 1 heterocycles. The van der Waals surface area contributed by atoms with Gasteiger partial charge >= 0.3 is 6.03 Å². The topological polar surface area (TPSA) is 89.1 Å². The Labute approximate surface area is 141 Å². The number of nitrogens with zero attached hydrogens (tertiary/aromatic N) is 1. The summed E-state index contributed by atoms with van der Waals surface area (Å²) in [5.74, 6) is 0.639. The first-order valence-corrected chi connectivity index (χ1v) is 7.61. The Morgan fingerprint density at radius 2 is 2.08 bits per heavy atom. The van der Waals surface area contributed by atoms with E-state index < -0.39 is 6.29 Å². The molecule has 0 aromatic heterocycles. The molecule has 2 rings (SSSR count). The highest BCUT2D eigenvalue weighted by atomic mass is 16.7. The van der Waals surface area contributed by atoms with Crippen LogP contribution in [0.15, 0.2) is 24.3 Å². The quantitative estimate of drug-likeness (QED) is 0.716. The summed E-state index contributed by atoms with van der Waals surface area (Å²) in [4.78, 5) is 25.7. The summed E-state index contributed by atoms with van der Waals surface area (Å²) in [7, 11) is 4.57. The number of nitrogens with one attached hydrogen (secondary N) is 2. The van der Waals surface area contributed by atoms with Crippen molar-refractivity contribution in [2.75, 3.05) is 39.3 Å². The SMILES string of the molecule is COc1cccc(N2C[C@@H](NC(=O)NCC(OC)OC)CC2=O)c1. The molecule has 3 amide bonds. The van der Waals surface area contributed by atoms with E-state index in [1.54, 1.807) is 18.1 Å². The van der Waals surface area contributed by atoms with E-state index in [4.69, 9.17) is 14.2 Å². The highest BCUT2D eigenvalue weighted by Crippen LogP contribution is 2.25. The Balaban J connectivity index is 1.88. The first-order valence-electron chi connectivity index (χ1n) is 7.61. The summed E-state index contributed by atoms with van der Waals surface area (Å²) in [6, 6.07) is 6.65. The fourth-order valence-corrected chi connectivity index (χ4v) is 2.51. The molecule has 8 heteroatoms. The minimum atomic E-state index is -0.505. The van der Waals surface area contributed by atoms with Crippen LogP contribution in [0.4, 0.5) is 10.5 Å². The highest BCUT2D eigenvalue weighted by Gasteiger charge is 2.31. The van der Waals surface area contributed by atoms with Gasteiger partial charge in [0, 0.05) is 38.9 Å². The van der Waals surface area contributed by atoms with Crippen molar-refractivity contribution >= 4 is 17.6 Å². The van der Waals surface area contributed by atoms with Gasteiger partial charge in [0.15, 0.2) is 6.29 Å². The van der Waals surface area contributed by atoms with Crippen LogP contribution in [0.3, 0.4) is 0 Å². The molecule has 8 nitrogen and oxygen atoms in total. The first kappa shape index (κ1) is 18.0. The van der Waals surface area contributed by atoms with Crippen molar-refractivity contribution in [3.8, 4) is 5.75 Å². The van der Waals surface area contributed by atoms with E-state index in [1.165, 1.54) is 14.2 Å². The molecule has 1 fully saturated rings. The van der Waals surface area contributed by atoms with Gasteiger partial charge in [-0.3, -0.25) is 4.79 Å². The second kappa shape index (κ2) is 8.51. The molecule has 1 aromatic carbocycles. The molecule has 132 valence electrons. The van der Waals surface area contributed by atoms with E-state index in [0.29, 0.717) is 12.3 Å². The van der Waals surface area contributed by atoms with E-state index in [0.717, 1.165) is 5.69 Å². The molecule has 1 saturated heterocycles. The lowest BCUT2D eigenvalue weighted by atomic mass is 10.2. The summed E-state index contributed by atoms with van der Waals surface area (Å²) in [6.45, 7) is 0.635. The number of anilines is 1. The average Bonchev–Trinajstić information content (AvgIpc) is 2.96. The van der Waals surface area contributed by atoms with E-state index in [2.05, 4.69) is 10.6 Å². The molecular weight excluding hydrogens is 314 g/mol. The fraction of sp³-hybridized carbons (Fsp3) is 0.500. The Bertz CT molecular complexity index is 577. The van der Waals surface area contributed by atoms with Crippen molar-refractivity contribution in [3.63, 3.8) is 0 Å². The van der Waals surface area contributed by atoms with Crippen LogP contribution in [0.5, 0.6) is 5.75 Å². The maximum Gasteiger partial charge on any atom is 0.315 e. The Morgan fingerprint density at radius 3 is 2.75 bits per heavy atom. The summed E-state index contributed by atoms with van der Waals surface area (Å²) < 4.78 is 15.2. The molecule has 0 radical (unpaired) electrons. The fourth-order valence-electron chi connectivity index (χ4n) is 2.51. The van der Waals surface area contributed by atoms with Gasteiger partial charge in [-0.25, -0.2) is 4.79 Å². The van der Waals surface area contributed by atoms with Gasteiger partial charge in [-0.1, -0.05) is 6.07 Å². The van der Waals surface area contributed by atoms with Crippen LogP contribution in [-0.2, 0) is 14.3 Å². The molecule has 0 aliphatic carbocycles. The van der Waals surface area contributed by atoms with Gasteiger partial charge in [-0.05, 0) is 12.1 Å². The number of benzene rings is 1. The highest BCUT2D eigenvalue weighted by molar-refractivity contribution is 5.97. The van der Waals surface area contributed by atoms with Gasteiger partial charge < -0.3 is 29.7 Å². The largest absolute Gasteiger partial charge is 0.497 e. The van der Waals surface area contributed by atoms with Crippen molar-refractivity contribution in [1.82, 2.24) is 10.6 Å². The van der Waals surface area contributed by atoms with Gasteiger partial charge in [0.05, 0.1) is 19.7 Å². The number of carbonyl (C=O) groups excluding carboxylic acids is 2. The zero-order chi connectivity index (χ0) is 17.5. The van der Waals surface area contributed by atoms with Crippen molar-refractivity contribution in [2.45, 2.75) is 18.8 Å². The molecule has 1 aromatic rings. The van der Waals surface area contributed by atoms with Gasteiger partial charge in [-0.15, -0.1) is 0 Å². The average molecular weight is 337 g/mol. The van der Waals surface area contributed by atoms with Gasteiger partial charge in [0.25, 0.3) is 0 Å². The molecule has 1 aliphatic heterocycles. The van der Waals surface area contributed by atoms with Crippen molar-refractivity contribution < 1.29 is 23.8 Å². The standard InChI is InChI=1S/C16H23N3O5/c1-22-13-6-4-5-12(8-13)19-10-11(7-14(19)20)18-16(21)17-9-15(23-2)24-3/h4-6,8,11,15H,7,9-10H2,1-3H3,(H2,17,18,21)/t11-/m0/s1. The second-order valence-electron chi connectivity index (χ2n) is 5.36. The van der Waals surface area contributed by atoms with Crippen LogP contribution in [0.2, 0.25) is 0 Å². The van der Waals surface area contributed by atoms with E-state index in [1.807, 2.05) is 18.2 Å². The predicted octanol–water partition coefficient (Wildman–Crippen LogP) is 0.719. The molecule has 24 heavy (non-hydrogen) atoms. The number of urea groups is 1. The van der Waals surface area contributed by atoms with Crippen LogP contribution in [-0.4, -0.2) is 58.7 Å². The van der Waals surface area contributed by atoms with Crippen LogP contribution in [0.25, 0.3) is 0 Å². The lowest BCUT2D eigenvalue weighted by Crippen LogP contribution is -2.46. The third kappa shape index (κ3) is 4.59. The van der Waals surface area contributed by atoms with E-state index in [-0.39, 0.29) is 30.9 Å². The number of rotatable bonds is 7. The monoisotopic (exact) mass is 337 g/mol. The van der Waals surface area contributed by atoms with Crippen LogP contribution < -0.4 is 20.3 Å². The smallest absolute Gasteiger partial charge is 0.315 e. The number of ether oxygens (including phenoxy) is 3. The normalized spacial score (nSPS) is 17.2. The Kier molecular flexibility index (Phi) is 6.39. The van der Waals surface area contributed by atoms with Crippen molar-refractivity contribution in [3.05, 3.63) is 24.3 Å². The zero-order valence-corrected chi connectivity index (χ0v) is 14.1. The third-order valence-corrected chi connectivity index (χ3v) is 3.78. The van der Waals surface area contributed by atoms with E-state index >= 15 is 0 Å². The van der Waals surface area contributed by atoms with Crippen LogP contribution in [0, 0.1) is 0 Å². The van der Waals surface area contributed by atoms with E-state index in [9.17, 15) is 9.59 Å². The van der Waals surface area contributed by atoms with Crippen LogP contribution >= 0.6 is 0 Å². The number of methoxy groups -OCH3 is 3. The minimum Gasteiger partial charge on any atom is -0.497 e. The molecule has 1 atom stereocenters.